The fourth-order valence-electron chi connectivity index (χ4n) is 3.32. The largest absolute Gasteiger partial charge is 0.379 e. The number of primary amides is 1. The van der Waals surface area contributed by atoms with E-state index >= 15 is 0 Å². The van der Waals surface area contributed by atoms with Gasteiger partial charge in [-0.05, 0) is 35.1 Å². The number of hydrogen-bond donors (Lipinski definition) is 2. The lowest BCUT2D eigenvalue weighted by molar-refractivity contribution is 0.0730. The zero-order valence-corrected chi connectivity index (χ0v) is 15.7. The van der Waals surface area contributed by atoms with Gasteiger partial charge in [0.15, 0.2) is 0 Å². The van der Waals surface area contributed by atoms with Crippen LogP contribution in [0.25, 0.3) is 16.5 Å². The molecule has 138 valence electrons. The van der Waals surface area contributed by atoms with Crippen molar-refractivity contribution in [2.75, 3.05) is 32.1 Å². The molecule has 3 heterocycles. The summed E-state index contributed by atoms with van der Waals surface area (Å²) in [6.45, 7) is 1.19. The lowest BCUT2D eigenvalue weighted by atomic mass is 10.0. The minimum atomic E-state index is -3.86. The molecule has 2 aliphatic rings. The fourth-order valence-corrected chi connectivity index (χ4v) is 5.98. The van der Waals surface area contributed by atoms with Crippen LogP contribution in [0.4, 0.5) is 0 Å². The van der Waals surface area contributed by atoms with Crippen LogP contribution in [-0.4, -0.2) is 55.7 Å². The number of sulfonamides is 1. The molecule has 0 bridgehead atoms. The highest BCUT2D eigenvalue weighted by atomic mass is 32.2. The molecule has 2 aromatic rings. The highest BCUT2D eigenvalue weighted by Crippen LogP contribution is 2.35. The lowest BCUT2D eigenvalue weighted by Gasteiger charge is -2.26. The third kappa shape index (κ3) is 2.94. The standard InChI is InChI=1S/C17H19N3O4S2/c18-17(21)15-16(26(22,23)20-4-6-24-7-5-20)13-9-11(1-2-14(13)19-15)12-3-8-25-10-12/h1-2,9-10,19H,3-8H2,(H2,18,21). The maximum atomic E-state index is 13.2. The molecule has 0 spiro atoms. The molecular weight excluding hydrogens is 374 g/mol. The lowest BCUT2D eigenvalue weighted by Crippen LogP contribution is -2.41. The summed E-state index contributed by atoms with van der Waals surface area (Å²) in [6, 6.07) is 5.58. The number of aromatic nitrogens is 1. The van der Waals surface area contributed by atoms with Crippen molar-refractivity contribution >= 4 is 44.2 Å². The smallest absolute Gasteiger partial charge is 0.266 e. The Morgan fingerprint density at radius 2 is 2.04 bits per heavy atom. The second kappa shape index (κ2) is 6.73. The average Bonchev–Trinajstić information content (AvgIpc) is 3.29. The molecule has 26 heavy (non-hydrogen) atoms. The molecule has 0 atom stereocenters. The van der Waals surface area contributed by atoms with Gasteiger partial charge in [-0.1, -0.05) is 6.07 Å². The number of carbonyl (C=O) groups is 1. The Hall–Kier alpha value is -1.81. The zero-order chi connectivity index (χ0) is 18.3. The summed E-state index contributed by atoms with van der Waals surface area (Å²) < 4.78 is 33.1. The van der Waals surface area contributed by atoms with Gasteiger partial charge in [0, 0.05) is 29.7 Å². The molecule has 0 unspecified atom stereocenters. The van der Waals surface area contributed by atoms with Crippen LogP contribution in [-0.2, 0) is 14.8 Å². The quantitative estimate of drug-likeness (QED) is 0.823. The number of morpholine rings is 1. The van der Waals surface area contributed by atoms with Crippen LogP contribution in [0.1, 0.15) is 22.5 Å². The Morgan fingerprint density at radius 1 is 1.27 bits per heavy atom. The molecule has 1 fully saturated rings. The van der Waals surface area contributed by atoms with Gasteiger partial charge < -0.3 is 15.5 Å². The minimum Gasteiger partial charge on any atom is -0.379 e. The fraction of sp³-hybridized carbons (Fsp3) is 0.353. The number of ether oxygens (including phenoxy) is 1. The molecule has 3 N–H and O–H groups in total. The van der Waals surface area contributed by atoms with E-state index in [1.807, 2.05) is 12.1 Å². The first-order valence-corrected chi connectivity index (χ1v) is 10.8. The number of allylic oxidation sites excluding steroid dienone is 1. The predicted molar refractivity (Wildman–Crippen MR) is 101 cm³/mol. The number of benzene rings is 1. The SMILES string of the molecule is NC(=O)c1[nH]c2ccc(C3=CSCC3)cc2c1S(=O)(=O)N1CCOCC1. The Labute approximate surface area is 155 Å². The molecule has 4 rings (SSSR count). The van der Waals surface area contributed by atoms with E-state index < -0.39 is 15.9 Å². The van der Waals surface area contributed by atoms with Gasteiger partial charge >= 0.3 is 0 Å². The molecular formula is C17H19N3O4S2. The van der Waals surface area contributed by atoms with Gasteiger partial charge in [-0.3, -0.25) is 4.79 Å². The highest BCUT2D eigenvalue weighted by molar-refractivity contribution is 8.02. The van der Waals surface area contributed by atoms with Crippen molar-refractivity contribution in [1.82, 2.24) is 9.29 Å². The number of nitrogens with two attached hydrogens (primary N) is 1. The third-order valence-electron chi connectivity index (χ3n) is 4.65. The molecule has 1 saturated heterocycles. The summed E-state index contributed by atoms with van der Waals surface area (Å²) in [5, 5.41) is 2.60. The molecule has 0 radical (unpaired) electrons. The van der Waals surface area contributed by atoms with E-state index in [0.29, 0.717) is 24.1 Å². The van der Waals surface area contributed by atoms with Crippen LogP contribution in [0, 0.1) is 0 Å². The van der Waals surface area contributed by atoms with Gasteiger partial charge in [-0.15, -0.1) is 11.8 Å². The van der Waals surface area contributed by atoms with E-state index in [2.05, 4.69) is 10.4 Å². The first kappa shape index (κ1) is 17.6. The van der Waals surface area contributed by atoms with Crippen molar-refractivity contribution in [2.45, 2.75) is 11.3 Å². The van der Waals surface area contributed by atoms with E-state index in [1.54, 1.807) is 17.8 Å². The Bertz CT molecular complexity index is 1000. The van der Waals surface area contributed by atoms with E-state index in [-0.39, 0.29) is 23.7 Å². The third-order valence-corrected chi connectivity index (χ3v) is 7.53. The number of nitrogens with one attached hydrogen (secondary N) is 1. The number of carbonyl (C=O) groups excluding carboxylic acids is 1. The predicted octanol–water partition coefficient (Wildman–Crippen LogP) is 1.77. The summed E-state index contributed by atoms with van der Waals surface area (Å²) in [4.78, 5) is 14.8. The normalized spacial score (nSPS) is 19.0. The van der Waals surface area contributed by atoms with Gasteiger partial charge in [-0.2, -0.15) is 4.31 Å². The number of nitrogens with zero attached hydrogens (tertiary/aromatic N) is 1. The number of rotatable bonds is 4. The summed E-state index contributed by atoms with van der Waals surface area (Å²) >= 11 is 1.74. The second-order valence-corrected chi connectivity index (χ2v) is 9.09. The van der Waals surface area contributed by atoms with Crippen LogP contribution in [0.15, 0.2) is 28.5 Å². The Balaban J connectivity index is 1.91. The molecule has 1 aromatic carbocycles. The van der Waals surface area contributed by atoms with E-state index in [9.17, 15) is 13.2 Å². The molecule has 2 aliphatic heterocycles. The summed E-state index contributed by atoms with van der Waals surface area (Å²) in [7, 11) is -3.86. The van der Waals surface area contributed by atoms with Crippen molar-refractivity contribution in [1.29, 1.82) is 0 Å². The number of aromatic amines is 1. The monoisotopic (exact) mass is 393 g/mol. The summed E-state index contributed by atoms with van der Waals surface area (Å²) in [5.74, 6) is 0.233. The van der Waals surface area contributed by atoms with Crippen molar-refractivity contribution in [3.63, 3.8) is 0 Å². The van der Waals surface area contributed by atoms with Crippen molar-refractivity contribution in [3.8, 4) is 0 Å². The number of fused-ring (bicyclic) bond motifs is 1. The number of thioether (sulfide) groups is 1. The van der Waals surface area contributed by atoms with Gasteiger partial charge in [-0.25, -0.2) is 8.42 Å². The van der Waals surface area contributed by atoms with Gasteiger partial charge in [0.25, 0.3) is 5.91 Å². The number of H-pyrrole nitrogens is 1. The van der Waals surface area contributed by atoms with E-state index in [1.165, 1.54) is 9.88 Å². The maximum Gasteiger partial charge on any atom is 0.266 e. The van der Waals surface area contributed by atoms with E-state index in [0.717, 1.165) is 17.7 Å². The minimum absolute atomic E-state index is 0.0324. The maximum absolute atomic E-state index is 13.2. The second-order valence-electron chi connectivity index (χ2n) is 6.23. The molecule has 9 heteroatoms. The molecule has 0 saturated carbocycles. The first-order valence-electron chi connectivity index (χ1n) is 8.33. The van der Waals surface area contributed by atoms with Crippen LogP contribution in [0.2, 0.25) is 0 Å². The average molecular weight is 393 g/mol. The zero-order valence-electron chi connectivity index (χ0n) is 14.0. The molecule has 7 nitrogen and oxygen atoms in total. The van der Waals surface area contributed by atoms with Crippen molar-refractivity contribution in [2.24, 2.45) is 5.73 Å². The van der Waals surface area contributed by atoms with Crippen LogP contribution >= 0.6 is 11.8 Å². The number of hydrogen-bond acceptors (Lipinski definition) is 5. The van der Waals surface area contributed by atoms with E-state index in [4.69, 9.17) is 10.5 Å². The van der Waals surface area contributed by atoms with Crippen LogP contribution < -0.4 is 5.73 Å². The van der Waals surface area contributed by atoms with Crippen LogP contribution in [0.5, 0.6) is 0 Å². The first-order chi connectivity index (χ1) is 12.5. The van der Waals surface area contributed by atoms with Crippen molar-refractivity contribution in [3.05, 3.63) is 34.9 Å². The highest BCUT2D eigenvalue weighted by Gasteiger charge is 2.33. The molecule has 1 aromatic heterocycles. The van der Waals surface area contributed by atoms with Crippen molar-refractivity contribution < 1.29 is 17.9 Å². The topological polar surface area (TPSA) is 105 Å². The van der Waals surface area contributed by atoms with Gasteiger partial charge in [0.2, 0.25) is 10.0 Å². The molecule has 1 amide bonds. The van der Waals surface area contributed by atoms with Crippen LogP contribution in [0.3, 0.4) is 0 Å². The van der Waals surface area contributed by atoms with Gasteiger partial charge in [0.1, 0.15) is 10.6 Å². The summed E-state index contributed by atoms with van der Waals surface area (Å²) in [6.07, 6.45) is 0.939. The summed E-state index contributed by atoms with van der Waals surface area (Å²) in [5.41, 5.74) is 8.13. The number of amides is 1. The van der Waals surface area contributed by atoms with Gasteiger partial charge in [0.05, 0.1) is 13.2 Å². The Kier molecular flexibility index (Phi) is 4.55. The molecule has 0 aliphatic carbocycles. The Morgan fingerprint density at radius 3 is 2.69 bits per heavy atom.